The zero-order valence-corrected chi connectivity index (χ0v) is 36.7. The van der Waals surface area contributed by atoms with Crippen LogP contribution in [0.2, 0.25) is 0 Å². The van der Waals surface area contributed by atoms with Crippen LogP contribution in [0.25, 0.3) is 76.5 Å². The van der Waals surface area contributed by atoms with E-state index in [9.17, 15) is 0 Å². The first-order chi connectivity index (χ1) is 31.8. The summed E-state index contributed by atoms with van der Waals surface area (Å²) in [6.45, 7) is 9.05. The smallest absolute Gasteiger partial charge is 0.159 e. The fraction of sp³-hybridized carbons (Fsp3) is 0.0820. The van der Waals surface area contributed by atoms with Crippen LogP contribution >= 0.6 is 0 Å². The number of fused-ring (bicyclic) bond motifs is 12. The topological polar surface area (TPSA) is 32.8 Å². The normalized spacial score (nSPS) is 13.0. The molecular formula is C61H44N2O2. The molecule has 0 saturated carbocycles. The fourth-order valence-corrected chi connectivity index (χ4v) is 11.0. The molecule has 4 heteroatoms. The fourth-order valence-electron chi connectivity index (χ4n) is 11.0. The number of anilines is 6. The molecule has 65 heavy (non-hydrogen) atoms. The van der Waals surface area contributed by atoms with Crippen molar-refractivity contribution in [2.75, 3.05) is 9.80 Å². The van der Waals surface area contributed by atoms with Crippen molar-refractivity contribution in [3.63, 3.8) is 0 Å². The average molecular weight is 837 g/mol. The molecule has 13 rings (SSSR count). The highest BCUT2D eigenvalue weighted by molar-refractivity contribution is 6.17. The summed E-state index contributed by atoms with van der Waals surface area (Å²) in [6, 6.07) is 70.3. The van der Waals surface area contributed by atoms with Gasteiger partial charge in [-0.2, -0.15) is 0 Å². The Balaban J connectivity index is 1.05. The molecule has 0 N–H and O–H groups in total. The number of hydrogen-bond donors (Lipinski definition) is 0. The van der Waals surface area contributed by atoms with Crippen molar-refractivity contribution in [2.45, 2.75) is 33.1 Å². The molecule has 4 nitrogen and oxygen atoms in total. The van der Waals surface area contributed by atoms with Gasteiger partial charge in [-0.15, -0.1) is 0 Å². The maximum Gasteiger partial charge on any atom is 0.159 e. The standard InChI is InChI=1S/C61H44N2O2/c1-37-17-13-25-46-48-27-15-29-52(59(48)64-57(37)46)62(41-20-7-5-8-21-41)43-32-34-44-40(35-43)31-33-50-54-51(61(3,4)55(44)50)36-39-19-11-12-24-45(39)56(54)63(42-22-9-6-10-23-42)53-30-16-28-49-47-26-14-18-38(2)58(47)65-60(49)53/h5-36H,1-4H3. The van der Waals surface area contributed by atoms with Crippen LogP contribution in [0.3, 0.4) is 0 Å². The van der Waals surface area contributed by atoms with Gasteiger partial charge in [-0.05, 0) is 112 Å². The second kappa shape index (κ2) is 14.0. The molecule has 10 aromatic carbocycles. The summed E-state index contributed by atoms with van der Waals surface area (Å²) in [4.78, 5) is 4.80. The lowest BCUT2D eigenvalue weighted by atomic mass is 9.79. The van der Waals surface area contributed by atoms with E-state index in [4.69, 9.17) is 8.83 Å². The van der Waals surface area contributed by atoms with Gasteiger partial charge in [0, 0.05) is 55.0 Å². The van der Waals surface area contributed by atoms with Crippen LogP contribution < -0.4 is 9.80 Å². The van der Waals surface area contributed by atoms with E-state index in [2.05, 4.69) is 232 Å². The number of aryl methyl sites for hydroxylation is 2. The van der Waals surface area contributed by atoms with Gasteiger partial charge in [-0.1, -0.05) is 153 Å². The molecule has 0 fully saturated rings. The van der Waals surface area contributed by atoms with Gasteiger partial charge in [-0.3, -0.25) is 0 Å². The Hall–Kier alpha value is -8.08. The molecule has 0 bridgehead atoms. The number of benzene rings is 10. The van der Waals surface area contributed by atoms with E-state index in [1.165, 1.54) is 43.8 Å². The van der Waals surface area contributed by atoms with Gasteiger partial charge in [-0.25, -0.2) is 0 Å². The van der Waals surface area contributed by atoms with Crippen molar-refractivity contribution < 1.29 is 8.83 Å². The van der Waals surface area contributed by atoms with Crippen molar-refractivity contribution in [3.8, 4) is 11.1 Å². The van der Waals surface area contributed by atoms with Crippen LogP contribution in [0.1, 0.15) is 36.1 Å². The Bertz CT molecular complexity index is 3900. The summed E-state index contributed by atoms with van der Waals surface area (Å²) >= 11 is 0. The minimum absolute atomic E-state index is 0.327. The maximum absolute atomic E-state index is 6.92. The molecule has 0 spiro atoms. The Labute approximate surface area is 377 Å². The molecule has 0 atom stereocenters. The number of nitrogens with zero attached hydrogens (tertiary/aromatic N) is 2. The highest BCUT2D eigenvalue weighted by Gasteiger charge is 2.41. The zero-order valence-electron chi connectivity index (χ0n) is 36.7. The molecular weight excluding hydrogens is 793 g/mol. The van der Waals surface area contributed by atoms with Gasteiger partial charge in [0.1, 0.15) is 11.2 Å². The summed E-state index contributed by atoms with van der Waals surface area (Å²) in [5.41, 5.74) is 17.1. The number of para-hydroxylation sites is 6. The van der Waals surface area contributed by atoms with Gasteiger partial charge in [0.05, 0.1) is 17.1 Å². The van der Waals surface area contributed by atoms with Gasteiger partial charge >= 0.3 is 0 Å². The molecule has 0 radical (unpaired) electrons. The van der Waals surface area contributed by atoms with E-state index in [1.54, 1.807) is 0 Å². The van der Waals surface area contributed by atoms with Crippen LogP contribution in [0.15, 0.2) is 203 Å². The largest absolute Gasteiger partial charge is 0.454 e. The monoisotopic (exact) mass is 836 g/mol. The predicted molar refractivity (Wildman–Crippen MR) is 272 cm³/mol. The molecule has 1 aliphatic carbocycles. The minimum atomic E-state index is -0.327. The van der Waals surface area contributed by atoms with Gasteiger partial charge < -0.3 is 18.6 Å². The highest BCUT2D eigenvalue weighted by Crippen LogP contribution is 2.59. The first-order valence-corrected chi connectivity index (χ1v) is 22.5. The van der Waals surface area contributed by atoms with Crippen molar-refractivity contribution >= 4 is 99.5 Å². The van der Waals surface area contributed by atoms with Gasteiger partial charge in [0.25, 0.3) is 0 Å². The Morgan fingerprint density at radius 3 is 1.52 bits per heavy atom. The summed E-state index contributed by atoms with van der Waals surface area (Å²) in [6.07, 6.45) is 0. The average Bonchev–Trinajstić information content (AvgIpc) is 3.99. The minimum Gasteiger partial charge on any atom is -0.454 e. The molecule has 0 aliphatic heterocycles. The predicted octanol–water partition coefficient (Wildman–Crippen LogP) is 17.7. The molecule has 2 aromatic heterocycles. The number of hydrogen-bond acceptors (Lipinski definition) is 4. The van der Waals surface area contributed by atoms with E-state index < -0.39 is 0 Å². The second-order valence-corrected chi connectivity index (χ2v) is 18.1. The quantitative estimate of drug-likeness (QED) is 0.167. The number of rotatable bonds is 6. The lowest BCUT2D eigenvalue weighted by molar-refractivity contribution is 0.665. The van der Waals surface area contributed by atoms with Crippen molar-refractivity contribution in [2.24, 2.45) is 0 Å². The number of furan rings is 2. The first kappa shape index (κ1) is 37.5. The Morgan fingerprint density at radius 1 is 0.385 bits per heavy atom. The van der Waals surface area contributed by atoms with Crippen molar-refractivity contribution in [1.29, 1.82) is 0 Å². The van der Waals surface area contributed by atoms with Crippen LogP contribution in [-0.2, 0) is 5.41 Å². The third kappa shape index (κ3) is 5.44. The SMILES string of the molecule is Cc1cccc2c1oc1c(N(c3ccccc3)c3ccc4c5c(ccc4c3)-c3c(cc4ccccc4c3N(c3ccccc3)c3cccc4c3oc3c(C)cccc34)C5(C)C)cccc12. The van der Waals surface area contributed by atoms with Crippen LogP contribution in [0.5, 0.6) is 0 Å². The zero-order chi connectivity index (χ0) is 43.6. The molecule has 0 amide bonds. The van der Waals surface area contributed by atoms with E-state index in [1.807, 2.05) is 0 Å². The summed E-state index contributed by atoms with van der Waals surface area (Å²) in [7, 11) is 0. The second-order valence-electron chi connectivity index (χ2n) is 18.1. The van der Waals surface area contributed by atoms with Crippen molar-refractivity contribution in [3.05, 3.63) is 216 Å². The lowest BCUT2D eigenvalue weighted by Gasteiger charge is -2.30. The van der Waals surface area contributed by atoms with E-state index >= 15 is 0 Å². The van der Waals surface area contributed by atoms with Gasteiger partial charge in [0.15, 0.2) is 11.2 Å². The summed E-state index contributed by atoms with van der Waals surface area (Å²) < 4.78 is 13.7. The van der Waals surface area contributed by atoms with E-state index in [0.29, 0.717) is 0 Å². The third-order valence-corrected chi connectivity index (χ3v) is 14.0. The third-order valence-electron chi connectivity index (χ3n) is 14.0. The van der Waals surface area contributed by atoms with Crippen LogP contribution in [0.4, 0.5) is 34.1 Å². The highest BCUT2D eigenvalue weighted by atomic mass is 16.3. The Kier molecular flexibility index (Phi) is 8.05. The molecule has 310 valence electrons. The molecule has 0 unspecified atom stereocenters. The molecule has 12 aromatic rings. The lowest BCUT2D eigenvalue weighted by Crippen LogP contribution is -2.17. The summed E-state index contributed by atoms with van der Waals surface area (Å²) in [5, 5.41) is 9.30. The van der Waals surface area contributed by atoms with Crippen molar-refractivity contribution in [1.82, 2.24) is 0 Å². The molecule has 2 heterocycles. The van der Waals surface area contributed by atoms with Crippen LogP contribution in [-0.4, -0.2) is 0 Å². The van der Waals surface area contributed by atoms with E-state index in [-0.39, 0.29) is 5.41 Å². The Morgan fingerprint density at radius 2 is 0.892 bits per heavy atom. The maximum atomic E-state index is 6.92. The molecule has 1 aliphatic rings. The van der Waals surface area contributed by atoms with Gasteiger partial charge in [0.2, 0.25) is 0 Å². The van der Waals surface area contributed by atoms with Crippen LogP contribution in [0, 0.1) is 13.8 Å². The molecule has 0 saturated heterocycles. The summed E-state index contributed by atoms with van der Waals surface area (Å²) in [5.74, 6) is 0. The first-order valence-electron chi connectivity index (χ1n) is 22.5. The van der Waals surface area contributed by atoms with E-state index in [0.717, 1.165) is 89.1 Å².